The van der Waals surface area contributed by atoms with E-state index in [1.807, 2.05) is 0 Å². The van der Waals surface area contributed by atoms with Gasteiger partial charge in [-0.05, 0) is 12.1 Å². The van der Waals surface area contributed by atoms with Crippen LogP contribution >= 0.6 is 0 Å². The van der Waals surface area contributed by atoms with Crippen molar-refractivity contribution >= 4 is 29.3 Å². The number of hydrogen-bond donors (Lipinski definition) is 3. The van der Waals surface area contributed by atoms with Gasteiger partial charge in [0.05, 0.1) is 0 Å². The standard InChI is InChI=1S/C19H18F3N7O3/c1-9(2)14(30)25-17-24-13-12(15(31)26-17)29(8-7-23-13)16(32)10-3-5-11(6-4-10)18(27-28-18)19(20,21)22/h3-6,9H,7-8H2,1-2H3,(H3,23,24,25,26,30,31). The van der Waals surface area contributed by atoms with Crippen molar-refractivity contribution in [2.45, 2.75) is 25.7 Å². The molecule has 2 aromatic rings. The van der Waals surface area contributed by atoms with Crippen LogP contribution < -0.4 is 21.1 Å². The summed E-state index contributed by atoms with van der Waals surface area (Å²) >= 11 is 0. The summed E-state index contributed by atoms with van der Waals surface area (Å²) in [5.74, 6) is -1.22. The van der Waals surface area contributed by atoms with Crippen LogP contribution in [-0.4, -0.2) is 41.0 Å². The van der Waals surface area contributed by atoms with Gasteiger partial charge >= 0.3 is 11.8 Å². The van der Waals surface area contributed by atoms with Crippen LogP contribution in [0.15, 0.2) is 39.3 Å². The highest BCUT2D eigenvalue weighted by molar-refractivity contribution is 6.08. The first-order chi connectivity index (χ1) is 15.0. The lowest BCUT2D eigenvalue weighted by atomic mass is 10.0. The first kappa shape index (κ1) is 21.5. The third-order valence-electron chi connectivity index (χ3n) is 5.03. The van der Waals surface area contributed by atoms with Crippen molar-refractivity contribution in [1.29, 1.82) is 0 Å². The molecule has 4 rings (SSSR count). The van der Waals surface area contributed by atoms with E-state index < -0.39 is 23.3 Å². The van der Waals surface area contributed by atoms with E-state index in [-0.39, 0.29) is 53.5 Å². The van der Waals surface area contributed by atoms with Gasteiger partial charge in [-0.2, -0.15) is 18.2 Å². The second kappa shape index (κ2) is 7.43. The second-order valence-corrected chi connectivity index (χ2v) is 7.59. The van der Waals surface area contributed by atoms with E-state index in [0.29, 0.717) is 0 Å². The molecule has 2 aliphatic heterocycles. The maximum absolute atomic E-state index is 13.2. The molecular weight excluding hydrogens is 431 g/mol. The van der Waals surface area contributed by atoms with E-state index in [1.54, 1.807) is 13.8 Å². The van der Waals surface area contributed by atoms with Crippen molar-refractivity contribution in [2.75, 3.05) is 28.6 Å². The Hall–Kier alpha value is -3.77. The fourth-order valence-corrected chi connectivity index (χ4v) is 3.21. The van der Waals surface area contributed by atoms with Gasteiger partial charge in [-0.1, -0.05) is 26.0 Å². The van der Waals surface area contributed by atoms with Crippen LogP contribution in [0.1, 0.15) is 29.8 Å². The number of aromatic amines is 1. The molecule has 2 aliphatic rings. The third kappa shape index (κ3) is 3.59. The fourth-order valence-electron chi connectivity index (χ4n) is 3.21. The average molecular weight is 449 g/mol. The minimum atomic E-state index is -4.67. The van der Waals surface area contributed by atoms with Gasteiger partial charge in [-0.25, -0.2) is 0 Å². The molecular formula is C19H18F3N7O3. The van der Waals surface area contributed by atoms with E-state index in [9.17, 15) is 27.6 Å². The highest BCUT2D eigenvalue weighted by Gasteiger charge is 2.65. The van der Waals surface area contributed by atoms with E-state index in [1.165, 1.54) is 17.0 Å². The van der Waals surface area contributed by atoms with Crippen molar-refractivity contribution in [1.82, 2.24) is 9.97 Å². The van der Waals surface area contributed by atoms with Gasteiger partial charge < -0.3 is 5.32 Å². The van der Waals surface area contributed by atoms with Crippen LogP contribution in [0.2, 0.25) is 0 Å². The maximum atomic E-state index is 13.2. The predicted octanol–water partition coefficient (Wildman–Crippen LogP) is 2.62. The summed E-state index contributed by atoms with van der Waals surface area (Å²) in [7, 11) is 0. The number of benzene rings is 1. The molecule has 0 saturated heterocycles. The number of carbonyl (C=O) groups excluding carboxylic acids is 2. The SMILES string of the molecule is CC(C)C(=O)Nc1nc2c(c(=O)[nH]1)N(C(=O)c1ccc(C3(C(F)(F)F)N=N3)cc1)CCN2. The van der Waals surface area contributed by atoms with Crippen LogP contribution in [0.4, 0.5) is 30.6 Å². The molecule has 10 nitrogen and oxygen atoms in total. The van der Waals surface area contributed by atoms with Crippen LogP contribution in [0.5, 0.6) is 0 Å². The van der Waals surface area contributed by atoms with Crippen LogP contribution in [0.25, 0.3) is 0 Å². The summed E-state index contributed by atoms with van der Waals surface area (Å²) in [6.45, 7) is 3.77. The molecule has 32 heavy (non-hydrogen) atoms. The number of fused-ring (bicyclic) bond motifs is 1. The molecule has 0 aliphatic carbocycles. The highest BCUT2D eigenvalue weighted by Crippen LogP contribution is 2.52. The lowest BCUT2D eigenvalue weighted by molar-refractivity contribution is -0.166. The molecule has 0 unspecified atom stereocenters. The molecule has 3 heterocycles. The van der Waals surface area contributed by atoms with Gasteiger partial charge in [-0.15, -0.1) is 10.2 Å². The molecule has 0 bridgehead atoms. The Bertz CT molecular complexity index is 1170. The molecule has 1 aromatic carbocycles. The topological polar surface area (TPSA) is 132 Å². The summed E-state index contributed by atoms with van der Waals surface area (Å²) in [5, 5.41) is 11.7. The largest absolute Gasteiger partial charge is 0.442 e. The summed E-state index contributed by atoms with van der Waals surface area (Å²) < 4.78 is 39.5. The Morgan fingerprint density at radius 1 is 1.19 bits per heavy atom. The minimum Gasteiger partial charge on any atom is -0.366 e. The lowest BCUT2D eigenvalue weighted by Crippen LogP contribution is -2.43. The molecule has 2 amide bonds. The van der Waals surface area contributed by atoms with E-state index in [4.69, 9.17) is 0 Å². The number of nitrogens with zero attached hydrogens (tertiary/aromatic N) is 4. The summed E-state index contributed by atoms with van der Waals surface area (Å²) in [6.07, 6.45) is -4.67. The number of halogens is 3. The quantitative estimate of drug-likeness (QED) is 0.660. The molecule has 0 radical (unpaired) electrons. The van der Waals surface area contributed by atoms with Crippen molar-refractivity contribution in [3.63, 3.8) is 0 Å². The number of aromatic nitrogens is 2. The average Bonchev–Trinajstić information content (AvgIpc) is 3.55. The summed E-state index contributed by atoms with van der Waals surface area (Å²) in [6, 6.07) is 4.73. The molecule has 3 N–H and O–H groups in total. The molecule has 0 spiro atoms. The molecule has 0 atom stereocenters. The van der Waals surface area contributed by atoms with Gasteiger partial charge in [0.2, 0.25) is 11.9 Å². The molecule has 168 valence electrons. The zero-order valence-corrected chi connectivity index (χ0v) is 16.9. The number of carbonyl (C=O) groups is 2. The first-order valence-electron chi connectivity index (χ1n) is 9.66. The van der Waals surface area contributed by atoms with Gasteiger partial charge in [0.15, 0.2) is 11.5 Å². The van der Waals surface area contributed by atoms with Crippen molar-refractivity contribution in [2.24, 2.45) is 16.1 Å². The Kier molecular flexibility index (Phi) is 4.98. The Morgan fingerprint density at radius 2 is 1.84 bits per heavy atom. The van der Waals surface area contributed by atoms with E-state index in [2.05, 4.69) is 30.8 Å². The first-order valence-corrected chi connectivity index (χ1v) is 9.66. The molecule has 1 aromatic heterocycles. The number of anilines is 3. The Morgan fingerprint density at radius 3 is 2.41 bits per heavy atom. The van der Waals surface area contributed by atoms with Crippen LogP contribution in [0.3, 0.4) is 0 Å². The van der Waals surface area contributed by atoms with Crippen LogP contribution in [-0.2, 0) is 10.5 Å². The third-order valence-corrected chi connectivity index (χ3v) is 5.03. The normalized spacial score (nSPS) is 16.4. The molecule has 13 heteroatoms. The fraction of sp³-hybridized carbons (Fsp3) is 0.368. The number of amides is 2. The Balaban J connectivity index is 1.60. The van der Waals surface area contributed by atoms with Crippen LogP contribution in [0, 0.1) is 5.92 Å². The number of rotatable bonds is 4. The van der Waals surface area contributed by atoms with Crippen molar-refractivity contribution in [3.05, 3.63) is 45.7 Å². The van der Waals surface area contributed by atoms with Crippen molar-refractivity contribution < 1.29 is 22.8 Å². The molecule has 0 fully saturated rings. The van der Waals surface area contributed by atoms with E-state index in [0.717, 1.165) is 12.1 Å². The minimum absolute atomic E-state index is 0.0492. The second-order valence-electron chi connectivity index (χ2n) is 7.59. The Labute approximate surface area is 178 Å². The summed E-state index contributed by atoms with van der Waals surface area (Å²) in [4.78, 5) is 45.3. The predicted molar refractivity (Wildman–Crippen MR) is 108 cm³/mol. The van der Waals surface area contributed by atoms with Gasteiger partial charge in [-0.3, -0.25) is 29.6 Å². The monoisotopic (exact) mass is 449 g/mol. The maximum Gasteiger partial charge on any atom is 0.442 e. The van der Waals surface area contributed by atoms with Gasteiger partial charge in [0, 0.05) is 30.1 Å². The number of alkyl halides is 3. The highest BCUT2D eigenvalue weighted by atomic mass is 19.4. The number of H-pyrrole nitrogens is 1. The zero-order chi connectivity index (χ0) is 23.3. The lowest BCUT2D eigenvalue weighted by Gasteiger charge is -2.29. The summed E-state index contributed by atoms with van der Waals surface area (Å²) in [5.41, 5.74) is -3.40. The van der Waals surface area contributed by atoms with E-state index >= 15 is 0 Å². The van der Waals surface area contributed by atoms with Gasteiger partial charge in [0.25, 0.3) is 11.5 Å². The number of hydrogen-bond acceptors (Lipinski definition) is 7. The van der Waals surface area contributed by atoms with Crippen molar-refractivity contribution in [3.8, 4) is 0 Å². The molecule has 0 saturated carbocycles. The zero-order valence-electron chi connectivity index (χ0n) is 16.9. The number of nitrogens with one attached hydrogen (secondary N) is 3. The van der Waals surface area contributed by atoms with Gasteiger partial charge in [0.1, 0.15) is 0 Å². The smallest absolute Gasteiger partial charge is 0.366 e.